The van der Waals surface area contributed by atoms with Gasteiger partial charge < -0.3 is 9.30 Å². The molecule has 0 spiro atoms. The van der Waals surface area contributed by atoms with Crippen LogP contribution in [0.2, 0.25) is 0 Å². The number of pyridine rings is 1. The summed E-state index contributed by atoms with van der Waals surface area (Å²) in [6.07, 6.45) is 12.8. The fraction of sp³-hybridized carbons (Fsp3) is 0.632. The summed E-state index contributed by atoms with van der Waals surface area (Å²) in [5.74, 6) is 1.84. The van der Waals surface area contributed by atoms with E-state index >= 15 is 0 Å². The van der Waals surface area contributed by atoms with Crippen molar-refractivity contribution in [1.82, 2.24) is 14.5 Å². The summed E-state index contributed by atoms with van der Waals surface area (Å²) in [6.45, 7) is 0.867. The molecular weight excluding hydrogens is 334 g/mol. The molecule has 25 heavy (non-hydrogen) atoms. The summed E-state index contributed by atoms with van der Waals surface area (Å²) in [4.78, 5) is 20.4. The number of imidazole rings is 1. The zero-order valence-corrected chi connectivity index (χ0v) is 15.8. The van der Waals surface area contributed by atoms with Gasteiger partial charge in [0.25, 0.3) is 0 Å². The van der Waals surface area contributed by atoms with Crippen LogP contribution >= 0.6 is 11.8 Å². The number of hydrogen-bond donors (Lipinski definition) is 0. The normalized spacial score (nSPS) is 15.6. The van der Waals surface area contributed by atoms with Crippen LogP contribution in [0.25, 0.3) is 11.0 Å². The van der Waals surface area contributed by atoms with E-state index in [0.29, 0.717) is 6.42 Å². The van der Waals surface area contributed by atoms with Crippen LogP contribution in [0.4, 0.5) is 0 Å². The Balaban J connectivity index is 1.65. The molecule has 2 aromatic rings. The number of carbonyl (C=O) groups excluding carboxylic acids is 1. The van der Waals surface area contributed by atoms with Gasteiger partial charge in [0.15, 0.2) is 5.16 Å². The number of aryl methyl sites for hydroxylation is 1. The van der Waals surface area contributed by atoms with Crippen molar-refractivity contribution in [3.05, 3.63) is 18.5 Å². The summed E-state index contributed by atoms with van der Waals surface area (Å²) in [7, 11) is 1.44. The average molecular weight is 362 g/mol. The highest BCUT2D eigenvalue weighted by atomic mass is 32.2. The Morgan fingerprint density at radius 3 is 2.96 bits per heavy atom. The number of carbonyl (C=O) groups is 1. The number of esters is 1. The molecule has 6 heteroatoms. The van der Waals surface area contributed by atoms with Crippen molar-refractivity contribution < 1.29 is 9.53 Å². The zero-order chi connectivity index (χ0) is 17.5. The highest BCUT2D eigenvalue weighted by molar-refractivity contribution is 7.99. The van der Waals surface area contributed by atoms with Gasteiger partial charge in [0.05, 0.1) is 24.3 Å². The second kappa shape index (κ2) is 9.22. The first kappa shape index (κ1) is 18.2. The van der Waals surface area contributed by atoms with Gasteiger partial charge in [0.1, 0.15) is 0 Å². The first-order valence-corrected chi connectivity index (χ1v) is 10.3. The van der Waals surface area contributed by atoms with Crippen molar-refractivity contribution in [3.8, 4) is 0 Å². The largest absolute Gasteiger partial charge is 0.469 e. The van der Waals surface area contributed by atoms with E-state index in [0.717, 1.165) is 47.2 Å². The number of methoxy groups -OCH3 is 1. The van der Waals surface area contributed by atoms with Crippen molar-refractivity contribution in [1.29, 1.82) is 0 Å². The number of rotatable bonds is 8. The molecule has 2 heterocycles. The van der Waals surface area contributed by atoms with Gasteiger partial charge in [-0.05, 0) is 37.7 Å². The average Bonchev–Trinajstić information content (AvgIpc) is 3.01. The number of aromatic nitrogens is 3. The van der Waals surface area contributed by atoms with Gasteiger partial charge in [-0.1, -0.05) is 31.0 Å². The molecule has 0 unspecified atom stereocenters. The lowest BCUT2D eigenvalue weighted by Gasteiger charge is -2.20. The Labute approximate surface area is 153 Å². The lowest BCUT2D eigenvalue weighted by Crippen LogP contribution is -2.10. The van der Waals surface area contributed by atoms with E-state index in [1.165, 1.54) is 39.2 Å². The fourth-order valence-corrected chi connectivity index (χ4v) is 4.69. The Morgan fingerprint density at radius 2 is 2.16 bits per heavy atom. The molecule has 3 rings (SSSR count). The Hall–Kier alpha value is -1.56. The molecule has 0 aromatic carbocycles. The predicted octanol–water partition coefficient (Wildman–Crippen LogP) is 4.45. The number of hydrogen-bond acceptors (Lipinski definition) is 5. The number of thioether (sulfide) groups is 1. The van der Waals surface area contributed by atoms with Gasteiger partial charge in [-0.2, -0.15) is 0 Å². The molecule has 0 saturated heterocycles. The van der Waals surface area contributed by atoms with Gasteiger partial charge in [-0.25, -0.2) is 4.98 Å². The van der Waals surface area contributed by atoms with E-state index in [-0.39, 0.29) is 5.97 Å². The quantitative estimate of drug-likeness (QED) is 0.395. The minimum Gasteiger partial charge on any atom is -0.469 e. The van der Waals surface area contributed by atoms with E-state index in [2.05, 4.69) is 9.55 Å². The Morgan fingerprint density at radius 1 is 1.32 bits per heavy atom. The smallest absolute Gasteiger partial charge is 0.305 e. The van der Waals surface area contributed by atoms with Crippen LogP contribution in [0.1, 0.15) is 51.4 Å². The SMILES string of the molecule is COC(=O)CCCCn1c(SCC2CCCCC2)nc2ccncc21. The fourth-order valence-electron chi connectivity index (χ4n) is 3.46. The van der Waals surface area contributed by atoms with E-state index in [4.69, 9.17) is 9.72 Å². The molecule has 0 atom stereocenters. The van der Waals surface area contributed by atoms with Crippen LogP contribution in [0.3, 0.4) is 0 Å². The molecular formula is C19H27N3O2S. The number of ether oxygens (including phenoxy) is 1. The van der Waals surface area contributed by atoms with E-state index < -0.39 is 0 Å². The maximum Gasteiger partial charge on any atom is 0.305 e. The first-order valence-electron chi connectivity index (χ1n) is 9.28. The van der Waals surface area contributed by atoms with Crippen LogP contribution in [-0.2, 0) is 16.1 Å². The summed E-state index contributed by atoms with van der Waals surface area (Å²) < 4.78 is 6.99. The molecule has 1 aliphatic carbocycles. The summed E-state index contributed by atoms with van der Waals surface area (Å²) in [6, 6.07) is 1.98. The third-order valence-electron chi connectivity index (χ3n) is 4.93. The highest BCUT2D eigenvalue weighted by Crippen LogP contribution is 2.31. The maximum absolute atomic E-state index is 11.3. The van der Waals surface area contributed by atoms with Crippen molar-refractivity contribution >= 4 is 28.8 Å². The van der Waals surface area contributed by atoms with Crippen molar-refractivity contribution in [2.75, 3.05) is 12.9 Å². The van der Waals surface area contributed by atoms with Crippen LogP contribution in [0.5, 0.6) is 0 Å². The van der Waals surface area contributed by atoms with Gasteiger partial charge in [-0.3, -0.25) is 9.78 Å². The van der Waals surface area contributed by atoms with Gasteiger partial charge >= 0.3 is 5.97 Å². The van der Waals surface area contributed by atoms with Gasteiger partial charge in [-0.15, -0.1) is 0 Å². The zero-order valence-electron chi connectivity index (χ0n) is 14.9. The Bertz CT molecular complexity index is 695. The van der Waals surface area contributed by atoms with Crippen LogP contribution < -0.4 is 0 Å². The summed E-state index contributed by atoms with van der Waals surface area (Å²) in [5.41, 5.74) is 2.10. The molecule has 0 N–H and O–H groups in total. The second-order valence-electron chi connectivity index (χ2n) is 6.76. The van der Waals surface area contributed by atoms with Crippen LogP contribution in [0, 0.1) is 5.92 Å². The molecule has 1 fully saturated rings. The van der Waals surface area contributed by atoms with Crippen LogP contribution in [0.15, 0.2) is 23.6 Å². The number of fused-ring (bicyclic) bond motifs is 1. The summed E-state index contributed by atoms with van der Waals surface area (Å²) in [5, 5.41) is 1.09. The first-order chi connectivity index (χ1) is 12.3. The molecule has 2 aromatic heterocycles. The molecule has 0 aliphatic heterocycles. The van der Waals surface area contributed by atoms with Crippen molar-refractivity contribution in [2.24, 2.45) is 5.92 Å². The molecule has 0 amide bonds. The molecule has 0 bridgehead atoms. The number of nitrogens with zero attached hydrogens (tertiary/aromatic N) is 3. The maximum atomic E-state index is 11.3. The van der Waals surface area contributed by atoms with Crippen LogP contribution in [-0.4, -0.2) is 33.4 Å². The van der Waals surface area contributed by atoms with Crippen molar-refractivity contribution in [2.45, 2.75) is 63.1 Å². The second-order valence-corrected chi connectivity index (χ2v) is 7.75. The molecule has 1 saturated carbocycles. The predicted molar refractivity (Wildman–Crippen MR) is 101 cm³/mol. The Kier molecular flexibility index (Phi) is 6.73. The summed E-state index contributed by atoms with van der Waals surface area (Å²) >= 11 is 1.88. The molecule has 1 aliphatic rings. The highest BCUT2D eigenvalue weighted by Gasteiger charge is 2.17. The van der Waals surface area contributed by atoms with Crippen molar-refractivity contribution in [3.63, 3.8) is 0 Å². The minimum atomic E-state index is -0.135. The third kappa shape index (κ3) is 4.97. The molecule has 0 radical (unpaired) electrons. The standard InChI is InChI=1S/C19H27N3O2S/c1-24-18(23)9-5-6-12-22-17-13-20-11-10-16(17)21-19(22)25-14-15-7-3-2-4-8-15/h10-11,13,15H,2-9,12,14H2,1H3. The molecule has 136 valence electrons. The van der Waals surface area contributed by atoms with Gasteiger partial charge in [0.2, 0.25) is 0 Å². The lowest BCUT2D eigenvalue weighted by atomic mass is 9.91. The number of unbranched alkanes of at least 4 members (excludes halogenated alkanes) is 1. The van der Waals surface area contributed by atoms with E-state index in [9.17, 15) is 4.79 Å². The monoisotopic (exact) mass is 361 g/mol. The van der Waals surface area contributed by atoms with Gasteiger partial charge in [0, 0.05) is 24.9 Å². The third-order valence-corrected chi connectivity index (χ3v) is 6.14. The van der Waals surface area contributed by atoms with E-state index in [1.807, 2.05) is 24.0 Å². The van der Waals surface area contributed by atoms with E-state index in [1.54, 1.807) is 6.20 Å². The minimum absolute atomic E-state index is 0.135. The topological polar surface area (TPSA) is 57.0 Å². The lowest BCUT2D eigenvalue weighted by molar-refractivity contribution is -0.140. The molecule has 5 nitrogen and oxygen atoms in total.